The van der Waals surface area contributed by atoms with Gasteiger partial charge in [0.25, 0.3) is 0 Å². The number of ether oxygens (including phenoxy) is 1. The maximum Gasteiger partial charge on any atom is 0.235 e. The van der Waals surface area contributed by atoms with Crippen molar-refractivity contribution in [3.05, 3.63) is 40.3 Å². The Labute approximate surface area is 220 Å². The summed E-state index contributed by atoms with van der Waals surface area (Å²) < 4.78 is 6.22. The molecule has 2 fully saturated rings. The van der Waals surface area contributed by atoms with Crippen LogP contribution in [-0.2, 0) is 14.3 Å². The monoisotopic (exact) mass is 532 g/mol. The van der Waals surface area contributed by atoms with Gasteiger partial charge in [0, 0.05) is 44.7 Å². The summed E-state index contributed by atoms with van der Waals surface area (Å²) in [6.07, 6.45) is 6.69. The highest BCUT2D eigenvalue weighted by molar-refractivity contribution is 6.38. The molecular formula is C25H30Cl2N6O3. The van der Waals surface area contributed by atoms with Crippen molar-refractivity contribution in [2.75, 3.05) is 29.4 Å². The van der Waals surface area contributed by atoms with E-state index in [0.29, 0.717) is 29.5 Å². The lowest BCUT2D eigenvalue weighted by Crippen LogP contribution is -2.43. The zero-order valence-corrected chi connectivity index (χ0v) is 21.9. The van der Waals surface area contributed by atoms with Crippen molar-refractivity contribution in [1.29, 1.82) is 5.41 Å². The van der Waals surface area contributed by atoms with Crippen LogP contribution >= 0.6 is 23.2 Å². The highest BCUT2D eigenvalue weighted by Gasteiger charge is 2.33. The number of nitrogens with one attached hydrogen (secondary N) is 1. The van der Waals surface area contributed by atoms with Crippen molar-refractivity contribution in [3.63, 3.8) is 0 Å². The number of hydrogen-bond donors (Lipinski definition) is 1. The molecule has 0 aromatic carbocycles. The second-order valence-electron chi connectivity index (χ2n) is 9.05. The molecule has 1 atom stereocenters. The number of halogens is 2. The SMILES string of the molecule is CC(=N/C=C(/Cl)C=N)N1CCC(OC2CC(=O)N(c3ccc(N4CCCC4=O)c(C)n3)C=C2Cl)CC1. The van der Waals surface area contributed by atoms with Gasteiger partial charge >= 0.3 is 0 Å². The summed E-state index contributed by atoms with van der Waals surface area (Å²) in [6, 6.07) is 3.59. The van der Waals surface area contributed by atoms with Crippen LogP contribution < -0.4 is 9.80 Å². The summed E-state index contributed by atoms with van der Waals surface area (Å²) in [5, 5.41) is 7.84. The van der Waals surface area contributed by atoms with Gasteiger partial charge in [0.1, 0.15) is 17.8 Å². The first-order valence-corrected chi connectivity index (χ1v) is 12.8. The van der Waals surface area contributed by atoms with Crippen LogP contribution in [0.15, 0.2) is 39.6 Å². The van der Waals surface area contributed by atoms with E-state index in [1.807, 2.05) is 19.9 Å². The van der Waals surface area contributed by atoms with Crippen LogP contribution in [0.2, 0.25) is 0 Å². The number of anilines is 2. The first-order chi connectivity index (χ1) is 17.3. The molecule has 3 aliphatic heterocycles. The van der Waals surface area contributed by atoms with Crippen LogP contribution in [0.4, 0.5) is 11.5 Å². The summed E-state index contributed by atoms with van der Waals surface area (Å²) in [5.41, 5.74) is 1.47. The molecular weight excluding hydrogens is 503 g/mol. The van der Waals surface area contributed by atoms with Crippen molar-refractivity contribution in [2.45, 2.75) is 58.2 Å². The number of aryl methyl sites for hydroxylation is 1. The topological polar surface area (TPSA) is 102 Å². The molecule has 1 aromatic heterocycles. The standard InChI is InChI=1S/C25H30Cl2N6O3/c1-16-21(32-9-3-4-24(32)34)5-6-23(30-16)33-15-20(27)22(12-25(33)35)36-19-7-10-31(11-8-19)17(2)29-14-18(26)13-28/h5-6,13-15,19,22,28H,3-4,7-12H2,1-2H3/b18-14+,28-13?,29-17?. The number of pyridine rings is 1. The van der Waals surface area contributed by atoms with E-state index >= 15 is 0 Å². The Morgan fingerprint density at radius 1 is 1.22 bits per heavy atom. The Hall–Kier alpha value is -2.75. The van der Waals surface area contributed by atoms with Crippen LogP contribution in [0.1, 0.15) is 44.7 Å². The summed E-state index contributed by atoms with van der Waals surface area (Å²) >= 11 is 12.4. The maximum absolute atomic E-state index is 13.0. The van der Waals surface area contributed by atoms with E-state index in [4.69, 9.17) is 33.3 Å². The number of allylic oxidation sites excluding steroid dienone is 1. The number of aromatic nitrogens is 1. The number of carbonyl (C=O) groups excluding carboxylic acids is 2. The fraction of sp³-hybridized carbons (Fsp3) is 0.480. The van der Waals surface area contributed by atoms with Gasteiger partial charge in [-0.1, -0.05) is 23.2 Å². The molecule has 4 heterocycles. The van der Waals surface area contributed by atoms with Gasteiger partial charge in [-0.15, -0.1) is 0 Å². The number of carbonyl (C=O) groups is 2. The largest absolute Gasteiger partial charge is 0.369 e. The molecule has 2 amide bonds. The van der Waals surface area contributed by atoms with Crippen LogP contribution in [-0.4, -0.2) is 65.6 Å². The van der Waals surface area contributed by atoms with Gasteiger partial charge in [-0.2, -0.15) is 0 Å². The number of amidine groups is 1. The van der Waals surface area contributed by atoms with Crippen molar-refractivity contribution in [3.8, 4) is 0 Å². The average Bonchev–Trinajstić information content (AvgIpc) is 3.30. The number of nitrogens with zero attached hydrogens (tertiary/aromatic N) is 5. The minimum absolute atomic E-state index is 0.0149. The lowest BCUT2D eigenvalue weighted by atomic mass is 10.1. The van der Waals surface area contributed by atoms with E-state index in [0.717, 1.165) is 50.1 Å². The predicted molar refractivity (Wildman–Crippen MR) is 142 cm³/mol. The maximum atomic E-state index is 13.0. The third kappa shape index (κ3) is 5.96. The van der Waals surface area contributed by atoms with Gasteiger partial charge in [0.2, 0.25) is 11.8 Å². The first kappa shape index (κ1) is 26.3. The lowest BCUT2D eigenvalue weighted by molar-refractivity contribution is -0.122. The van der Waals surface area contributed by atoms with E-state index < -0.39 is 6.10 Å². The normalized spacial score (nSPS) is 22.4. The molecule has 1 unspecified atom stereocenters. The third-order valence-corrected chi connectivity index (χ3v) is 7.16. The second-order valence-corrected chi connectivity index (χ2v) is 9.92. The van der Waals surface area contributed by atoms with E-state index in [1.54, 1.807) is 17.2 Å². The van der Waals surface area contributed by atoms with Crippen molar-refractivity contribution in [1.82, 2.24) is 9.88 Å². The van der Waals surface area contributed by atoms with Crippen molar-refractivity contribution < 1.29 is 14.3 Å². The fourth-order valence-corrected chi connectivity index (χ4v) is 4.90. The van der Waals surface area contributed by atoms with E-state index in [-0.39, 0.29) is 29.4 Å². The van der Waals surface area contributed by atoms with Gasteiger partial charge in [0.15, 0.2) is 0 Å². The molecule has 36 heavy (non-hydrogen) atoms. The summed E-state index contributed by atoms with van der Waals surface area (Å²) in [7, 11) is 0. The summed E-state index contributed by atoms with van der Waals surface area (Å²) in [6.45, 7) is 5.97. The Balaban J connectivity index is 1.36. The van der Waals surface area contributed by atoms with Gasteiger partial charge in [-0.25, -0.2) is 9.98 Å². The van der Waals surface area contributed by atoms with Gasteiger partial charge < -0.3 is 19.9 Å². The number of likely N-dealkylation sites (tertiary alicyclic amines) is 1. The minimum atomic E-state index is -0.487. The smallest absolute Gasteiger partial charge is 0.235 e. The predicted octanol–water partition coefficient (Wildman–Crippen LogP) is 4.33. The number of rotatable bonds is 6. The quantitative estimate of drug-likeness (QED) is 0.433. The Morgan fingerprint density at radius 3 is 2.61 bits per heavy atom. The van der Waals surface area contributed by atoms with Crippen LogP contribution in [0, 0.1) is 12.3 Å². The van der Waals surface area contributed by atoms with Gasteiger partial charge in [0.05, 0.1) is 34.0 Å². The number of piperidine rings is 1. The van der Waals surface area contributed by atoms with E-state index in [1.165, 1.54) is 11.1 Å². The number of hydrogen-bond acceptors (Lipinski definition) is 6. The molecule has 0 radical (unpaired) electrons. The molecule has 4 rings (SSSR count). The van der Waals surface area contributed by atoms with E-state index in [9.17, 15) is 9.59 Å². The molecule has 1 N–H and O–H groups in total. The fourth-order valence-electron chi connectivity index (χ4n) is 4.62. The minimum Gasteiger partial charge on any atom is -0.369 e. The molecule has 2 saturated heterocycles. The Morgan fingerprint density at radius 2 is 1.97 bits per heavy atom. The molecule has 192 valence electrons. The molecule has 9 nitrogen and oxygen atoms in total. The lowest BCUT2D eigenvalue weighted by Gasteiger charge is -2.36. The van der Waals surface area contributed by atoms with Gasteiger partial charge in [-0.05, 0) is 45.2 Å². The Kier molecular flexibility index (Phi) is 8.43. The molecule has 1 aromatic rings. The second kappa shape index (κ2) is 11.5. The Bertz CT molecular complexity index is 1130. The van der Waals surface area contributed by atoms with Crippen LogP contribution in [0.5, 0.6) is 0 Å². The van der Waals surface area contributed by atoms with Crippen molar-refractivity contribution in [2.24, 2.45) is 4.99 Å². The highest BCUT2D eigenvalue weighted by Crippen LogP contribution is 2.31. The molecule has 0 bridgehead atoms. The zero-order valence-electron chi connectivity index (χ0n) is 20.4. The highest BCUT2D eigenvalue weighted by atomic mass is 35.5. The van der Waals surface area contributed by atoms with Crippen LogP contribution in [0.25, 0.3) is 0 Å². The molecule has 0 aliphatic carbocycles. The molecule has 0 saturated carbocycles. The molecule has 3 aliphatic rings. The average molecular weight is 533 g/mol. The van der Waals surface area contributed by atoms with E-state index in [2.05, 4.69) is 14.9 Å². The third-order valence-electron chi connectivity index (χ3n) is 6.61. The molecule has 11 heteroatoms. The van der Waals surface area contributed by atoms with Gasteiger partial charge in [-0.3, -0.25) is 14.5 Å². The summed E-state index contributed by atoms with van der Waals surface area (Å²) in [5.74, 6) is 1.26. The summed E-state index contributed by atoms with van der Waals surface area (Å²) in [4.78, 5) is 39.3. The number of amides is 2. The van der Waals surface area contributed by atoms with Crippen LogP contribution in [0.3, 0.4) is 0 Å². The van der Waals surface area contributed by atoms with Crippen molar-refractivity contribution >= 4 is 58.6 Å². The molecule has 0 spiro atoms. The zero-order chi connectivity index (χ0) is 25.8. The number of aliphatic imine (C=N–C) groups is 1. The first-order valence-electron chi connectivity index (χ1n) is 12.0.